The Morgan fingerprint density at radius 1 is 1.20 bits per heavy atom. The van der Waals surface area contributed by atoms with Crippen LogP contribution in [0.25, 0.3) is 11.3 Å². The highest BCUT2D eigenvalue weighted by molar-refractivity contribution is 5.94. The molecule has 0 spiro atoms. The summed E-state index contributed by atoms with van der Waals surface area (Å²) in [6.45, 7) is 0.991. The number of carbonyl (C=O) groups is 1. The van der Waals surface area contributed by atoms with Gasteiger partial charge < -0.3 is 14.6 Å². The summed E-state index contributed by atoms with van der Waals surface area (Å²) in [5.74, 6) is -0.285. The number of aromatic nitrogens is 1. The third-order valence-electron chi connectivity index (χ3n) is 2.72. The van der Waals surface area contributed by atoms with Gasteiger partial charge in [0.2, 0.25) is 0 Å². The lowest BCUT2D eigenvalue weighted by atomic mass is 10.1. The number of hydrogen-bond acceptors (Lipinski definition) is 4. The van der Waals surface area contributed by atoms with Gasteiger partial charge in [0, 0.05) is 18.9 Å². The summed E-state index contributed by atoms with van der Waals surface area (Å²) in [5, 5.41) is 9.15. The van der Waals surface area contributed by atoms with Crippen LogP contribution in [-0.2, 0) is 4.74 Å². The number of hydrogen-bond donors (Lipinski definition) is 1. The van der Waals surface area contributed by atoms with Gasteiger partial charge in [-0.15, -0.1) is 0 Å². The lowest BCUT2D eigenvalue weighted by molar-refractivity contribution is 0.0697. The fourth-order valence-electron chi connectivity index (χ4n) is 1.76. The summed E-state index contributed by atoms with van der Waals surface area (Å²) in [6.07, 6.45) is 1.57. The summed E-state index contributed by atoms with van der Waals surface area (Å²) >= 11 is 0. The number of carboxylic acid groups (broad SMARTS) is 1. The van der Waals surface area contributed by atoms with Crippen LogP contribution in [0.3, 0.4) is 0 Å². The molecule has 0 aliphatic heterocycles. The molecule has 0 unspecified atom stereocenters. The van der Waals surface area contributed by atoms with Crippen molar-refractivity contribution in [2.75, 3.05) is 20.3 Å². The molecule has 5 nitrogen and oxygen atoms in total. The Hall–Kier alpha value is -2.40. The van der Waals surface area contributed by atoms with Gasteiger partial charge in [0.05, 0.1) is 17.9 Å². The number of nitrogens with zero attached hydrogens (tertiary/aromatic N) is 1. The van der Waals surface area contributed by atoms with E-state index in [2.05, 4.69) is 4.98 Å². The standard InChI is InChI=1S/C15H15NO4/c1-19-9-10-20-12-6-4-11(5-7-12)14-13(15(17)18)3-2-8-16-14/h2-8H,9-10H2,1H3,(H,17,18). The molecule has 1 heterocycles. The molecular weight excluding hydrogens is 258 g/mol. The van der Waals surface area contributed by atoms with Crippen LogP contribution in [0.2, 0.25) is 0 Å². The monoisotopic (exact) mass is 273 g/mol. The maximum Gasteiger partial charge on any atom is 0.337 e. The number of ether oxygens (including phenoxy) is 2. The topological polar surface area (TPSA) is 68.7 Å². The summed E-state index contributed by atoms with van der Waals surface area (Å²) in [7, 11) is 1.61. The van der Waals surface area contributed by atoms with E-state index < -0.39 is 5.97 Å². The number of pyridine rings is 1. The normalized spacial score (nSPS) is 10.2. The molecule has 0 aliphatic rings. The Kier molecular flexibility index (Phi) is 4.68. The number of carboxylic acids is 1. The molecule has 5 heteroatoms. The van der Waals surface area contributed by atoms with E-state index in [4.69, 9.17) is 14.6 Å². The molecule has 0 radical (unpaired) electrons. The quantitative estimate of drug-likeness (QED) is 0.819. The molecule has 20 heavy (non-hydrogen) atoms. The zero-order chi connectivity index (χ0) is 14.4. The first-order chi connectivity index (χ1) is 9.72. The summed E-state index contributed by atoms with van der Waals surface area (Å²) in [5.41, 5.74) is 1.37. The molecule has 2 aromatic rings. The molecule has 0 fully saturated rings. The average Bonchev–Trinajstić information content (AvgIpc) is 2.48. The third-order valence-corrected chi connectivity index (χ3v) is 2.72. The van der Waals surface area contributed by atoms with Gasteiger partial charge in [-0.2, -0.15) is 0 Å². The highest BCUT2D eigenvalue weighted by Gasteiger charge is 2.12. The van der Waals surface area contributed by atoms with E-state index in [1.54, 1.807) is 43.6 Å². The van der Waals surface area contributed by atoms with Crippen LogP contribution in [0, 0.1) is 0 Å². The van der Waals surface area contributed by atoms with Gasteiger partial charge in [-0.25, -0.2) is 4.79 Å². The van der Waals surface area contributed by atoms with Crippen LogP contribution in [-0.4, -0.2) is 36.4 Å². The Balaban J connectivity index is 2.20. The average molecular weight is 273 g/mol. The number of rotatable bonds is 6. The van der Waals surface area contributed by atoms with Crippen molar-refractivity contribution in [3.8, 4) is 17.0 Å². The van der Waals surface area contributed by atoms with E-state index in [9.17, 15) is 4.79 Å². The molecule has 1 N–H and O–H groups in total. The second-order valence-corrected chi connectivity index (χ2v) is 4.07. The third kappa shape index (κ3) is 3.33. The van der Waals surface area contributed by atoms with Gasteiger partial charge in [0.1, 0.15) is 12.4 Å². The van der Waals surface area contributed by atoms with E-state index in [1.165, 1.54) is 6.07 Å². The van der Waals surface area contributed by atoms with Gasteiger partial charge in [-0.05, 0) is 36.4 Å². The van der Waals surface area contributed by atoms with Gasteiger partial charge in [0.15, 0.2) is 0 Å². The van der Waals surface area contributed by atoms with Crippen molar-refractivity contribution >= 4 is 5.97 Å². The van der Waals surface area contributed by atoms with E-state index in [0.29, 0.717) is 24.7 Å². The van der Waals surface area contributed by atoms with Crippen molar-refractivity contribution < 1.29 is 19.4 Å². The van der Waals surface area contributed by atoms with Gasteiger partial charge >= 0.3 is 5.97 Å². The van der Waals surface area contributed by atoms with Crippen LogP contribution in [0.5, 0.6) is 5.75 Å². The zero-order valence-electron chi connectivity index (χ0n) is 11.1. The minimum Gasteiger partial charge on any atom is -0.491 e. The summed E-state index contributed by atoms with van der Waals surface area (Å²) < 4.78 is 10.4. The fraction of sp³-hybridized carbons (Fsp3) is 0.200. The molecule has 1 aromatic heterocycles. The molecule has 2 rings (SSSR count). The maximum absolute atomic E-state index is 11.2. The lowest BCUT2D eigenvalue weighted by Crippen LogP contribution is -2.04. The van der Waals surface area contributed by atoms with E-state index in [1.807, 2.05) is 0 Å². The molecule has 0 atom stereocenters. The summed E-state index contributed by atoms with van der Waals surface area (Å²) in [6, 6.07) is 10.3. The molecule has 104 valence electrons. The predicted octanol–water partition coefficient (Wildman–Crippen LogP) is 2.47. The second kappa shape index (κ2) is 6.68. The maximum atomic E-state index is 11.2. The zero-order valence-corrected chi connectivity index (χ0v) is 11.1. The van der Waals surface area contributed by atoms with Crippen LogP contribution in [0.15, 0.2) is 42.6 Å². The van der Waals surface area contributed by atoms with Gasteiger partial charge in [-0.3, -0.25) is 4.98 Å². The Morgan fingerprint density at radius 3 is 2.60 bits per heavy atom. The first-order valence-corrected chi connectivity index (χ1v) is 6.13. The lowest BCUT2D eigenvalue weighted by Gasteiger charge is -2.08. The number of benzene rings is 1. The van der Waals surface area contributed by atoms with E-state index in [-0.39, 0.29) is 5.56 Å². The van der Waals surface area contributed by atoms with Crippen molar-refractivity contribution in [1.82, 2.24) is 4.98 Å². The first kappa shape index (κ1) is 14.0. The minimum atomic E-state index is -0.992. The van der Waals surface area contributed by atoms with Crippen LogP contribution in [0.1, 0.15) is 10.4 Å². The highest BCUT2D eigenvalue weighted by atomic mass is 16.5. The number of aromatic carboxylic acids is 1. The molecule has 0 aliphatic carbocycles. The minimum absolute atomic E-state index is 0.181. The molecular formula is C15H15NO4. The fourth-order valence-corrected chi connectivity index (χ4v) is 1.76. The molecule has 0 bridgehead atoms. The Bertz CT molecular complexity index is 581. The van der Waals surface area contributed by atoms with Crippen molar-refractivity contribution in [2.45, 2.75) is 0 Å². The van der Waals surface area contributed by atoms with Crippen LogP contribution >= 0.6 is 0 Å². The molecule has 0 saturated heterocycles. The van der Waals surface area contributed by atoms with Gasteiger partial charge in [0.25, 0.3) is 0 Å². The highest BCUT2D eigenvalue weighted by Crippen LogP contribution is 2.23. The molecule has 1 aromatic carbocycles. The van der Waals surface area contributed by atoms with Crippen molar-refractivity contribution in [3.05, 3.63) is 48.2 Å². The van der Waals surface area contributed by atoms with Crippen LogP contribution in [0.4, 0.5) is 0 Å². The van der Waals surface area contributed by atoms with Crippen molar-refractivity contribution in [1.29, 1.82) is 0 Å². The first-order valence-electron chi connectivity index (χ1n) is 6.13. The van der Waals surface area contributed by atoms with E-state index in [0.717, 1.165) is 5.56 Å². The van der Waals surface area contributed by atoms with Crippen molar-refractivity contribution in [2.24, 2.45) is 0 Å². The smallest absolute Gasteiger partial charge is 0.337 e. The summed E-state index contributed by atoms with van der Waals surface area (Å²) in [4.78, 5) is 15.3. The second-order valence-electron chi connectivity index (χ2n) is 4.07. The van der Waals surface area contributed by atoms with Crippen LogP contribution < -0.4 is 4.74 Å². The Labute approximate surface area is 116 Å². The van der Waals surface area contributed by atoms with Gasteiger partial charge in [-0.1, -0.05) is 0 Å². The number of methoxy groups -OCH3 is 1. The largest absolute Gasteiger partial charge is 0.491 e. The molecule has 0 amide bonds. The van der Waals surface area contributed by atoms with Crippen molar-refractivity contribution in [3.63, 3.8) is 0 Å². The predicted molar refractivity (Wildman–Crippen MR) is 74.0 cm³/mol. The van der Waals surface area contributed by atoms with E-state index >= 15 is 0 Å². The SMILES string of the molecule is COCCOc1ccc(-c2ncccc2C(=O)O)cc1. The molecule has 0 saturated carbocycles. The Morgan fingerprint density at radius 2 is 1.95 bits per heavy atom.